The van der Waals surface area contributed by atoms with Crippen LogP contribution in [-0.4, -0.2) is 42.9 Å². The van der Waals surface area contributed by atoms with E-state index in [2.05, 4.69) is 46.6 Å². The van der Waals surface area contributed by atoms with Crippen LogP contribution < -0.4 is 5.32 Å². The van der Waals surface area contributed by atoms with Crippen LogP contribution >= 0.6 is 0 Å². The number of likely N-dealkylation sites (tertiary alicyclic amines) is 1. The predicted molar refractivity (Wildman–Crippen MR) is 124 cm³/mol. The van der Waals surface area contributed by atoms with Crippen LogP contribution in [-0.2, 0) is 11.2 Å². The maximum absolute atomic E-state index is 13.1. The molecule has 164 valence electrons. The second-order valence-electron chi connectivity index (χ2n) is 9.03. The molecule has 2 aromatic rings. The van der Waals surface area contributed by atoms with Gasteiger partial charge in [0.1, 0.15) is 5.82 Å². The van der Waals surface area contributed by atoms with E-state index in [1.165, 1.54) is 23.3 Å². The van der Waals surface area contributed by atoms with Crippen molar-refractivity contribution in [1.29, 1.82) is 0 Å². The van der Waals surface area contributed by atoms with Crippen molar-refractivity contribution in [2.24, 2.45) is 11.8 Å². The van der Waals surface area contributed by atoms with E-state index in [0.717, 1.165) is 58.3 Å². The van der Waals surface area contributed by atoms with Crippen LogP contribution in [0.15, 0.2) is 60.7 Å². The Hall–Kier alpha value is -2.30. The van der Waals surface area contributed by atoms with Crippen molar-refractivity contribution < 1.29 is 9.18 Å². The molecule has 0 saturated carbocycles. The van der Waals surface area contributed by atoms with Crippen LogP contribution in [0.2, 0.25) is 0 Å². The van der Waals surface area contributed by atoms with Gasteiger partial charge in [-0.2, -0.15) is 0 Å². The molecule has 2 fully saturated rings. The van der Waals surface area contributed by atoms with Crippen LogP contribution in [0, 0.1) is 17.7 Å². The van der Waals surface area contributed by atoms with E-state index < -0.39 is 0 Å². The smallest absolute Gasteiger partial charge is 0.152 e. The molecule has 2 aromatic carbocycles. The maximum atomic E-state index is 13.1. The average molecular weight is 421 g/mol. The molecule has 0 aliphatic carbocycles. The Kier molecular flexibility index (Phi) is 7.66. The molecule has 2 aliphatic heterocycles. The van der Waals surface area contributed by atoms with Gasteiger partial charge in [0.25, 0.3) is 0 Å². The molecule has 2 aliphatic rings. The Bertz CT molecular complexity index is 849. The molecule has 0 spiro atoms. The lowest BCUT2D eigenvalue weighted by atomic mass is 9.83. The van der Waals surface area contributed by atoms with Crippen LogP contribution in [0.25, 0.3) is 6.08 Å². The summed E-state index contributed by atoms with van der Waals surface area (Å²) in [7, 11) is 0. The number of hydrogen-bond acceptors (Lipinski definition) is 3. The minimum absolute atomic E-state index is 0.0130. The topological polar surface area (TPSA) is 32.3 Å². The quantitative estimate of drug-likeness (QED) is 0.703. The fraction of sp³-hybridized carbons (Fsp3) is 0.444. The Balaban J connectivity index is 1.17. The number of ketones is 1. The van der Waals surface area contributed by atoms with E-state index in [-0.39, 0.29) is 17.8 Å². The molecule has 4 rings (SSSR count). The molecule has 2 unspecified atom stereocenters. The highest BCUT2D eigenvalue weighted by atomic mass is 19.1. The molecule has 2 heterocycles. The van der Waals surface area contributed by atoms with E-state index in [9.17, 15) is 9.18 Å². The molecule has 1 N–H and O–H groups in total. The molecular formula is C27H33FN2O. The zero-order chi connectivity index (χ0) is 21.5. The third kappa shape index (κ3) is 6.34. The summed E-state index contributed by atoms with van der Waals surface area (Å²) in [5.74, 6) is 0.947. The molecule has 0 bridgehead atoms. The Morgan fingerprint density at radius 1 is 1.00 bits per heavy atom. The number of nitrogens with zero attached hydrogens (tertiary/aromatic N) is 1. The van der Waals surface area contributed by atoms with Gasteiger partial charge >= 0.3 is 0 Å². The summed E-state index contributed by atoms with van der Waals surface area (Å²) < 4.78 is 13.1. The van der Waals surface area contributed by atoms with Gasteiger partial charge in [0, 0.05) is 12.5 Å². The minimum Gasteiger partial charge on any atom is -0.307 e. The summed E-state index contributed by atoms with van der Waals surface area (Å²) in [6, 6.07) is 17.2. The number of piperidine rings is 2. The first kappa shape index (κ1) is 21.9. The van der Waals surface area contributed by atoms with Crippen molar-refractivity contribution >= 4 is 11.9 Å². The first-order valence-corrected chi connectivity index (χ1v) is 11.6. The van der Waals surface area contributed by atoms with Crippen molar-refractivity contribution in [3.05, 3.63) is 77.6 Å². The zero-order valence-electron chi connectivity index (χ0n) is 18.2. The van der Waals surface area contributed by atoms with Gasteiger partial charge in [-0.25, -0.2) is 4.39 Å². The van der Waals surface area contributed by atoms with Gasteiger partial charge in [-0.15, -0.1) is 0 Å². The van der Waals surface area contributed by atoms with Crippen LogP contribution in [0.5, 0.6) is 0 Å². The van der Waals surface area contributed by atoms with E-state index in [1.807, 2.05) is 18.2 Å². The number of carbonyl (C=O) groups is 1. The summed E-state index contributed by atoms with van der Waals surface area (Å²) in [5, 5.41) is 3.51. The number of nitrogens with one attached hydrogen (secondary N) is 1. The summed E-state index contributed by atoms with van der Waals surface area (Å²) in [4.78, 5) is 15.5. The van der Waals surface area contributed by atoms with Crippen molar-refractivity contribution in [2.75, 3.05) is 26.2 Å². The van der Waals surface area contributed by atoms with Crippen LogP contribution in [0.4, 0.5) is 4.39 Å². The Labute approximate surface area is 185 Å². The molecule has 4 heteroatoms. The second-order valence-corrected chi connectivity index (χ2v) is 9.03. The molecule has 3 nitrogen and oxygen atoms in total. The van der Waals surface area contributed by atoms with E-state index in [1.54, 1.807) is 0 Å². The standard InChI is InChI=1S/C27H33FN2O/c28-25-11-8-22(9-12-25)19-23-10-13-26(29-20-23)27(31)24-14-17-30(18-15-24)16-4-7-21-5-2-1-3-6-21/h1-9,11-12,23-24,26,29H,10,13-20H2/b7-4+. The SMILES string of the molecule is O=C(C1CCN(C/C=C/c2ccccc2)CC1)C1CCC(Cc2ccc(F)cc2)CN1. The van der Waals surface area contributed by atoms with E-state index in [4.69, 9.17) is 0 Å². The summed E-state index contributed by atoms with van der Waals surface area (Å²) in [6.07, 6.45) is 9.26. The van der Waals surface area contributed by atoms with Gasteiger partial charge in [-0.05, 0) is 80.9 Å². The zero-order valence-corrected chi connectivity index (χ0v) is 18.2. The minimum atomic E-state index is -0.186. The molecular weight excluding hydrogens is 387 g/mol. The predicted octanol–water partition coefficient (Wildman–Crippen LogP) is 4.73. The van der Waals surface area contributed by atoms with Crippen LogP contribution in [0.1, 0.15) is 36.8 Å². The van der Waals surface area contributed by atoms with Crippen LogP contribution in [0.3, 0.4) is 0 Å². The van der Waals surface area contributed by atoms with Gasteiger partial charge in [0.05, 0.1) is 6.04 Å². The van der Waals surface area contributed by atoms with E-state index in [0.29, 0.717) is 11.7 Å². The summed E-state index contributed by atoms with van der Waals surface area (Å²) in [5.41, 5.74) is 2.40. The maximum Gasteiger partial charge on any atom is 0.152 e. The molecule has 2 saturated heterocycles. The molecule has 31 heavy (non-hydrogen) atoms. The number of benzene rings is 2. The Morgan fingerprint density at radius 2 is 1.74 bits per heavy atom. The first-order valence-electron chi connectivity index (χ1n) is 11.6. The number of Topliss-reactive ketones (excluding diaryl/α,β-unsaturated/α-hetero) is 1. The largest absolute Gasteiger partial charge is 0.307 e. The second kappa shape index (κ2) is 10.8. The number of rotatable bonds is 7. The highest BCUT2D eigenvalue weighted by molar-refractivity contribution is 5.86. The van der Waals surface area contributed by atoms with Crippen molar-refractivity contribution in [1.82, 2.24) is 10.2 Å². The van der Waals surface area contributed by atoms with Gasteiger partial charge < -0.3 is 5.32 Å². The lowest BCUT2D eigenvalue weighted by Crippen LogP contribution is -2.48. The Morgan fingerprint density at radius 3 is 2.42 bits per heavy atom. The van der Waals surface area contributed by atoms with Crippen molar-refractivity contribution in [3.63, 3.8) is 0 Å². The van der Waals surface area contributed by atoms with Gasteiger partial charge in [0.15, 0.2) is 5.78 Å². The van der Waals surface area contributed by atoms with Gasteiger partial charge in [-0.3, -0.25) is 9.69 Å². The highest BCUT2D eigenvalue weighted by Crippen LogP contribution is 2.25. The highest BCUT2D eigenvalue weighted by Gasteiger charge is 2.32. The molecule has 0 radical (unpaired) electrons. The number of halogens is 1. The third-order valence-corrected chi connectivity index (χ3v) is 6.76. The van der Waals surface area contributed by atoms with Crippen molar-refractivity contribution in [3.8, 4) is 0 Å². The molecule has 0 amide bonds. The fourth-order valence-electron chi connectivity index (χ4n) is 4.87. The third-order valence-electron chi connectivity index (χ3n) is 6.76. The monoisotopic (exact) mass is 420 g/mol. The normalized spacial score (nSPS) is 23.3. The molecule has 2 atom stereocenters. The lowest BCUT2D eigenvalue weighted by Gasteiger charge is -2.35. The van der Waals surface area contributed by atoms with Gasteiger partial charge in [0.2, 0.25) is 0 Å². The fourth-order valence-corrected chi connectivity index (χ4v) is 4.87. The summed E-state index contributed by atoms with van der Waals surface area (Å²) >= 11 is 0. The van der Waals surface area contributed by atoms with Crippen molar-refractivity contribution in [2.45, 2.75) is 38.1 Å². The number of hydrogen-bond donors (Lipinski definition) is 1. The van der Waals surface area contributed by atoms with E-state index >= 15 is 0 Å². The first-order chi connectivity index (χ1) is 15.2. The average Bonchev–Trinajstić information content (AvgIpc) is 2.82. The molecule has 0 aromatic heterocycles. The lowest BCUT2D eigenvalue weighted by molar-refractivity contribution is -0.127. The van der Waals surface area contributed by atoms with Gasteiger partial charge in [-0.1, -0.05) is 54.6 Å². The summed E-state index contributed by atoms with van der Waals surface area (Å²) in [6.45, 7) is 3.81. The number of carbonyl (C=O) groups excluding carboxylic acids is 1.